The molecule has 0 aliphatic carbocycles. The molecule has 31 heavy (non-hydrogen) atoms. The van der Waals surface area contributed by atoms with E-state index in [0.717, 1.165) is 49.5 Å². The molecule has 8 nitrogen and oxygen atoms in total. The lowest BCUT2D eigenvalue weighted by molar-refractivity contribution is 0.292. The predicted octanol–water partition coefficient (Wildman–Crippen LogP) is 3.40. The number of benzene rings is 1. The SMILES string of the molecule is CC.COc1ccc(-n2c(C)nnc2N2CC(N3CCOc4cc(C)ccc43)C2)cn1. The van der Waals surface area contributed by atoms with E-state index >= 15 is 0 Å². The molecule has 8 heteroatoms. The van der Waals surface area contributed by atoms with Crippen LogP contribution < -0.4 is 19.3 Å². The van der Waals surface area contributed by atoms with Crippen LogP contribution in [0.1, 0.15) is 25.2 Å². The third-order valence-electron chi connectivity index (χ3n) is 5.60. The van der Waals surface area contributed by atoms with E-state index in [2.05, 4.69) is 50.1 Å². The normalized spacial score (nSPS) is 15.4. The topological polar surface area (TPSA) is 68.5 Å². The predicted molar refractivity (Wildman–Crippen MR) is 122 cm³/mol. The Hall–Kier alpha value is -3.29. The van der Waals surface area contributed by atoms with Crippen LogP contribution >= 0.6 is 0 Å². The van der Waals surface area contributed by atoms with Crippen LogP contribution in [0.25, 0.3) is 5.69 Å². The lowest BCUT2D eigenvalue weighted by Gasteiger charge is -2.48. The molecule has 2 aromatic heterocycles. The Morgan fingerprint density at radius 1 is 1.06 bits per heavy atom. The van der Waals surface area contributed by atoms with Crippen LogP contribution in [-0.2, 0) is 0 Å². The zero-order valence-electron chi connectivity index (χ0n) is 18.9. The second kappa shape index (κ2) is 8.83. The van der Waals surface area contributed by atoms with Gasteiger partial charge in [-0.25, -0.2) is 4.98 Å². The fourth-order valence-electron chi connectivity index (χ4n) is 4.03. The molecule has 0 radical (unpaired) electrons. The minimum absolute atomic E-state index is 0.430. The lowest BCUT2D eigenvalue weighted by atomic mass is 10.0. The van der Waals surface area contributed by atoms with Gasteiger partial charge in [-0.05, 0) is 37.6 Å². The van der Waals surface area contributed by atoms with Crippen molar-refractivity contribution in [1.29, 1.82) is 0 Å². The van der Waals surface area contributed by atoms with Gasteiger partial charge in [0.05, 0.1) is 37.3 Å². The molecule has 1 aromatic carbocycles. The van der Waals surface area contributed by atoms with E-state index in [0.29, 0.717) is 11.9 Å². The summed E-state index contributed by atoms with van der Waals surface area (Å²) in [6, 6.07) is 10.7. The van der Waals surface area contributed by atoms with Crippen LogP contribution in [-0.4, -0.2) is 59.1 Å². The largest absolute Gasteiger partial charge is 0.490 e. The average Bonchev–Trinajstić information content (AvgIpc) is 3.15. The van der Waals surface area contributed by atoms with E-state index in [-0.39, 0.29) is 0 Å². The second-order valence-corrected chi connectivity index (χ2v) is 7.51. The first-order chi connectivity index (χ1) is 15.1. The van der Waals surface area contributed by atoms with Gasteiger partial charge in [0.2, 0.25) is 11.8 Å². The summed E-state index contributed by atoms with van der Waals surface area (Å²) in [4.78, 5) is 9.04. The van der Waals surface area contributed by atoms with E-state index in [9.17, 15) is 0 Å². The van der Waals surface area contributed by atoms with Crippen molar-refractivity contribution in [2.45, 2.75) is 33.7 Å². The van der Waals surface area contributed by atoms with Crippen molar-refractivity contribution in [2.24, 2.45) is 0 Å². The number of fused-ring (bicyclic) bond motifs is 1. The van der Waals surface area contributed by atoms with Gasteiger partial charge in [0.25, 0.3) is 0 Å². The summed E-state index contributed by atoms with van der Waals surface area (Å²) >= 11 is 0. The van der Waals surface area contributed by atoms with Gasteiger partial charge in [0.15, 0.2) is 0 Å². The third kappa shape index (κ3) is 3.89. The summed E-state index contributed by atoms with van der Waals surface area (Å²) in [5.74, 6) is 3.26. The van der Waals surface area contributed by atoms with Crippen molar-refractivity contribution >= 4 is 11.6 Å². The number of pyridine rings is 1. The molecule has 0 saturated carbocycles. The molecule has 2 aliphatic heterocycles. The number of aryl methyl sites for hydroxylation is 2. The maximum Gasteiger partial charge on any atom is 0.232 e. The van der Waals surface area contributed by atoms with Crippen LogP contribution in [0.2, 0.25) is 0 Å². The summed E-state index contributed by atoms with van der Waals surface area (Å²) in [7, 11) is 1.61. The van der Waals surface area contributed by atoms with Crippen molar-refractivity contribution in [3.63, 3.8) is 0 Å². The average molecular weight is 423 g/mol. The minimum Gasteiger partial charge on any atom is -0.490 e. The molecule has 0 N–H and O–H groups in total. The monoisotopic (exact) mass is 422 g/mol. The van der Waals surface area contributed by atoms with Gasteiger partial charge in [-0.15, -0.1) is 10.2 Å². The van der Waals surface area contributed by atoms with E-state index < -0.39 is 0 Å². The highest BCUT2D eigenvalue weighted by Crippen LogP contribution is 2.36. The molecule has 4 heterocycles. The van der Waals surface area contributed by atoms with E-state index in [1.165, 1.54) is 11.3 Å². The van der Waals surface area contributed by atoms with Gasteiger partial charge in [-0.3, -0.25) is 4.57 Å². The molecule has 0 bridgehead atoms. The molecule has 0 spiro atoms. The highest BCUT2D eigenvalue weighted by Gasteiger charge is 2.37. The molecule has 0 amide bonds. The van der Waals surface area contributed by atoms with E-state index in [1.54, 1.807) is 13.3 Å². The van der Waals surface area contributed by atoms with Crippen molar-refractivity contribution in [3.8, 4) is 17.3 Å². The number of nitrogens with zero attached hydrogens (tertiary/aromatic N) is 6. The maximum absolute atomic E-state index is 5.86. The first-order valence-electron chi connectivity index (χ1n) is 10.8. The highest BCUT2D eigenvalue weighted by atomic mass is 16.5. The molecule has 5 rings (SSSR count). The first-order valence-corrected chi connectivity index (χ1v) is 10.8. The highest BCUT2D eigenvalue weighted by molar-refractivity contribution is 5.63. The number of ether oxygens (including phenoxy) is 2. The van der Waals surface area contributed by atoms with Crippen molar-refractivity contribution < 1.29 is 9.47 Å². The van der Waals surface area contributed by atoms with Crippen molar-refractivity contribution in [1.82, 2.24) is 19.7 Å². The third-order valence-corrected chi connectivity index (χ3v) is 5.60. The number of methoxy groups -OCH3 is 1. The number of aromatic nitrogens is 4. The molecular formula is C23H30N6O2. The Morgan fingerprint density at radius 2 is 1.87 bits per heavy atom. The smallest absolute Gasteiger partial charge is 0.232 e. The molecule has 164 valence electrons. The fourth-order valence-corrected chi connectivity index (χ4v) is 4.03. The van der Waals surface area contributed by atoms with E-state index in [1.807, 2.05) is 37.5 Å². The first kappa shape index (κ1) is 21.0. The van der Waals surface area contributed by atoms with Gasteiger partial charge >= 0.3 is 0 Å². The lowest BCUT2D eigenvalue weighted by Crippen LogP contribution is -2.61. The quantitative estimate of drug-likeness (QED) is 0.638. The van der Waals surface area contributed by atoms with Gasteiger partial charge in [-0.2, -0.15) is 0 Å². The summed E-state index contributed by atoms with van der Waals surface area (Å²) in [6.07, 6.45) is 1.79. The van der Waals surface area contributed by atoms with Gasteiger partial charge < -0.3 is 19.3 Å². The standard InChI is InChI=1S/C21H24N6O2.C2H6/c1-14-4-6-18-19(10-14)29-9-8-26(18)17-12-25(13-17)21-24-23-15(2)27(21)16-5-7-20(28-3)22-11-16;1-2/h4-7,10-11,17H,8-9,12-13H2,1-3H3;1-2H3. The Balaban J connectivity index is 0.00000112. The summed E-state index contributed by atoms with van der Waals surface area (Å²) in [5.41, 5.74) is 3.33. The molecule has 3 aromatic rings. The van der Waals surface area contributed by atoms with Gasteiger partial charge in [0.1, 0.15) is 18.2 Å². The zero-order valence-corrected chi connectivity index (χ0v) is 18.9. The number of hydrogen-bond acceptors (Lipinski definition) is 7. The fraction of sp³-hybridized carbons (Fsp3) is 0.435. The second-order valence-electron chi connectivity index (χ2n) is 7.51. The van der Waals surface area contributed by atoms with Crippen LogP contribution in [0.4, 0.5) is 11.6 Å². The molecule has 1 saturated heterocycles. The Kier molecular flexibility index (Phi) is 5.97. The van der Waals surface area contributed by atoms with Crippen molar-refractivity contribution in [2.75, 3.05) is 43.2 Å². The molecule has 0 unspecified atom stereocenters. The Bertz CT molecular complexity index is 1030. The molecule has 2 aliphatic rings. The van der Waals surface area contributed by atoms with Gasteiger partial charge in [-0.1, -0.05) is 19.9 Å². The zero-order chi connectivity index (χ0) is 22.0. The van der Waals surface area contributed by atoms with Crippen LogP contribution in [0.15, 0.2) is 36.5 Å². The number of rotatable bonds is 4. The van der Waals surface area contributed by atoms with Crippen LogP contribution in [0.3, 0.4) is 0 Å². The van der Waals surface area contributed by atoms with Crippen LogP contribution in [0, 0.1) is 13.8 Å². The van der Waals surface area contributed by atoms with Crippen molar-refractivity contribution in [3.05, 3.63) is 47.9 Å². The Morgan fingerprint density at radius 3 is 2.58 bits per heavy atom. The van der Waals surface area contributed by atoms with Gasteiger partial charge in [0, 0.05) is 19.2 Å². The number of hydrogen-bond donors (Lipinski definition) is 0. The Labute approximate surface area is 183 Å². The number of anilines is 2. The summed E-state index contributed by atoms with van der Waals surface area (Å²) in [6.45, 7) is 11.5. The summed E-state index contributed by atoms with van der Waals surface area (Å²) in [5, 5.41) is 8.73. The molecule has 0 atom stereocenters. The molecular weight excluding hydrogens is 392 g/mol. The van der Waals surface area contributed by atoms with Crippen LogP contribution in [0.5, 0.6) is 11.6 Å². The van der Waals surface area contributed by atoms with E-state index in [4.69, 9.17) is 9.47 Å². The minimum atomic E-state index is 0.430. The summed E-state index contributed by atoms with van der Waals surface area (Å²) < 4.78 is 13.1. The maximum atomic E-state index is 5.86. The molecule has 1 fully saturated rings.